The van der Waals surface area contributed by atoms with E-state index in [1.165, 1.54) is 6.07 Å². The van der Waals surface area contributed by atoms with Gasteiger partial charge in [-0.3, -0.25) is 4.79 Å². The smallest absolute Gasteiger partial charge is 0.251 e. The molecule has 1 aliphatic rings. The zero-order chi connectivity index (χ0) is 15.4. The second-order valence-electron chi connectivity index (χ2n) is 5.66. The molecule has 7 heteroatoms. The average molecular weight is 312 g/mol. The van der Waals surface area contributed by atoms with E-state index >= 15 is 0 Å². The molecule has 1 fully saturated rings. The van der Waals surface area contributed by atoms with Gasteiger partial charge < -0.3 is 15.6 Å². The quantitative estimate of drug-likeness (QED) is 0.436. The normalized spacial score (nSPS) is 19.0. The van der Waals surface area contributed by atoms with Gasteiger partial charge in [0.2, 0.25) is 0 Å². The molecule has 21 heavy (non-hydrogen) atoms. The van der Waals surface area contributed by atoms with E-state index in [-0.39, 0.29) is 11.1 Å². The Bertz CT molecular complexity index is 508. The van der Waals surface area contributed by atoms with Gasteiger partial charge in [-0.15, -0.1) is 0 Å². The van der Waals surface area contributed by atoms with E-state index in [0.717, 1.165) is 19.5 Å². The highest BCUT2D eigenvalue weighted by Gasteiger charge is 2.24. The van der Waals surface area contributed by atoms with Gasteiger partial charge in [-0.1, -0.05) is 11.6 Å². The van der Waals surface area contributed by atoms with Gasteiger partial charge in [-0.2, -0.15) is 0 Å². The van der Waals surface area contributed by atoms with E-state index in [4.69, 9.17) is 17.4 Å². The Morgan fingerprint density at radius 3 is 2.95 bits per heavy atom. The summed E-state index contributed by atoms with van der Waals surface area (Å²) in [5.74, 6) is 6.02. The summed E-state index contributed by atoms with van der Waals surface area (Å²) in [6, 6.07) is 3.67. The first-order chi connectivity index (χ1) is 9.99. The molecule has 0 radical (unpaired) electrons. The van der Waals surface area contributed by atoms with Gasteiger partial charge in [-0.05, 0) is 44.9 Å². The first kappa shape index (κ1) is 16.0. The van der Waals surface area contributed by atoms with Crippen molar-refractivity contribution in [2.45, 2.75) is 26.3 Å². The standard InChI is InChI=1S/C14H22ClN5O/c1-9(2)20-4-3-10(8-20)7-17-14(21)11-5-12(15)18-13(6-11)19-16/h5-6,9-10H,3-4,7-8,16H2,1-2H3,(H,17,21)(H,18,19). The molecule has 1 amide bonds. The molecule has 0 aliphatic carbocycles. The summed E-state index contributed by atoms with van der Waals surface area (Å²) in [6.07, 6.45) is 1.12. The van der Waals surface area contributed by atoms with Gasteiger partial charge in [0.1, 0.15) is 11.0 Å². The Kier molecular flexibility index (Phi) is 5.39. The van der Waals surface area contributed by atoms with Gasteiger partial charge in [0.15, 0.2) is 0 Å². The maximum atomic E-state index is 12.2. The van der Waals surface area contributed by atoms with Crippen LogP contribution in [0.3, 0.4) is 0 Å². The fraction of sp³-hybridized carbons (Fsp3) is 0.571. The van der Waals surface area contributed by atoms with E-state index in [1.807, 2.05) is 0 Å². The summed E-state index contributed by atoms with van der Waals surface area (Å²) in [4.78, 5) is 18.5. The monoisotopic (exact) mass is 311 g/mol. The van der Waals surface area contributed by atoms with Crippen molar-refractivity contribution >= 4 is 23.3 Å². The molecule has 1 unspecified atom stereocenters. The van der Waals surface area contributed by atoms with Crippen molar-refractivity contribution in [3.63, 3.8) is 0 Å². The van der Waals surface area contributed by atoms with Crippen LogP contribution in [0, 0.1) is 5.92 Å². The number of hydrogen-bond donors (Lipinski definition) is 3. The van der Waals surface area contributed by atoms with Crippen LogP contribution in [0.2, 0.25) is 5.15 Å². The summed E-state index contributed by atoms with van der Waals surface area (Å²) < 4.78 is 0. The summed E-state index contributed by atoms with van der Waals surface area (Å²) >= 11 is 5.86. The maximum absolute atomic E-state index is 12.2. The third-order valence-electron chi connectivity index (χ3n) is 3.80. The van der Waals surface area contributed by atoms with Gasteiger partial charge in [0.25, 0.3) is 5.91 Å². The molecule has 0 bridgehead atoms. The van der Waals surface area contributed by atoms with Crippen molar-refractivity contribution in [3.05, 3.63) is 22.8 Å². The van der Waals surface area contributed by atoms with Crippen molar-refractivity contribution in [3.8, 4) is 0 Å². The number of likely N-dealkylation sites (tertiary alicyclic amines) is 1. The minimum atomic E-state index is -0.154. The molecule has 4 N–H and O–H groups in total. The SMILES string of the molecule is CC(C)N1CCC(CNC(=O)c2cc(Cl)nc(NN)c2)C1. The predicted molar refractivity (Wildman–Crippen MR) is 84.2 cm³/mol. The predicted octanol–water partition coefficient (Wildman–Crippen LogP) is 1.48. The lowest BCUT2D eigenvalue weighted by Crippen LogP contribution is -2.33. The van der Waals surface area contributed by atoms with Crippen molar-refractivity contribution < 1.29 is 4.79 Å². The molecule has 1 aliphatic heterocycles. The number of pyridine rings is 1. The minimum Gasteiger partial charge on any atom is -0.352 e. The third-order valence-corrected chi connectivity index (χ3v) is 4.00. The number of hydrazine groups is 1. The molecule has 2 rings (SSSR count). The third kappa shape index (κ3) is 4.30. The molecule has 2 heterocycles. The molecule has 116 valence electrons. The molecule has 0 aromatic carbocycles. The lowest BCUT2D eigenvalue weighted by Gasteiger charge is -2.20. The summed E-state index contributed by atoms with van der Waals surface area (Å²) in [5, 5.41) is 3.20. The number of rotatable bonds is 5. The molecule has 1 saturated heterocycles. The Morgan fingerprint density at radius 2 is 2.33 bits per heavy atom. The second kappa shape index (κ2) is 7.06. The zero-order valence-corrected chi connectivity index (χ0v) is 13.2. The molecule has 1 aromatic rings. The Balaban J connectivity index is 1.89. The number of halogens is 1. The van der Waals surface area contributed by atoms with Crippen molar-refractivity contribution in [2.24, 2.45) is 11.8 Å². The number of hydrogen-bond acceptors (Lipinski definition) is 5. The van der Waals surface area contributed by atoms with Crippen LogP contribution in [-0.2, 0) is 0 Å². The number of nitrogen functional groups attached to an aromatic ring is 1. The van der Waals surface area contributed by atoms with Crippen LogP contribution in [-0.4, -0.2) is 41.5 Å². The van der Waals surface area contributed by atoms with Gasteiger partial charge in [0.05, 0.1) is 0 Å². The number of amides is 1. The summed E-state index contributed by atoms with van der Waals surface area (Å²) in [6.45, 7) is 7.20. The minimum absolute atomic E-state index is 0.154. The van der Waals surface area contributed by atoms with Crippen LogP contribution in [0.1, 0.15) is 30.6 Å². The van der Waals surface area contributed by atoms with Gasteiger partial charge >= 0.3 is 0 Å². The first-order valence-corrected chi connectivity index (χ1v) is 7.54. The molecule has 0 spiro atoms. The van der Waals surface area contributed by atoms with E-state index < -0.39 is 0 Å². The first-order valence-electron chi connectivity index (χ1n) is 7.16. The lowest BCUT2D eigenvalue weighted by molar-refractivity contribution is 0.0947. The van der Waals surface area contributed by atoms with E-state index in [2.05, 4.69) is 34.5 Å². The van der Waals surface area contributed by atoms with Crippen LogP contribution in [0.25, 0.3) is 0 Å². The molecular formula is C14H22ClN5O. The van der Waals surface area contributed by atoms with Crippen LogP contribution in [0.15, 0.2) is 12.1 Å². The fourth-order valence-electron chi connectivity index (χ4n) is 2.54. The highest BCUT2D eigenvalue weighted by molar-refractivity contribution is 6.29. The van der Waals surface area contributed by atoms with Gasteiger partial charge in [-0.25, -0.2) is 10.8 Å². The number of carbonyl (C=O) groups excluding carboxylic acids is 1. The molecule has 1 atom stereocenters. The maximum Gasteiger partial charge on any atom is 0.251 e. The summed E-state index contributed by atoms with van der Waals surface area (Å²) in [5.41, 5.74) is 2.86. The van der Waals surface area contributed by atoms with E-state index in [0.29, 0.717) is 29.9 Å². The topological polar surface area (TPSA) is 83.3 Å². The number of nitrogens with two attached hydrogens (primary N) is 1. The highest BCUT2D eigenvalue weighted by atomic mass is 35.5. The van der Waals surface area contributed by atoms with Crippen molar-refractivity contribution in [2.75, 3.05) is 25.1 Å². The molecule has 0 saturated carbocycles. The Hall–Kier alpha value is -1.37. The fourth-order valence-corrected chi connectivity index (χ4v) is 2.75. The Labute approximate surface area is 130 Å². The molecule has 6 nitrogen and oxygen atoms in total. The number of aromatic nitrogens is 1. The highest BCUT2D eigenvalue weighted by Crippen LogP contribution is 2.18. The zero-order valence-electron chi connectivity index (χ0n) is 12.4. The van der Waals surface area contributed by atoms with Crippen molar-refractivity contribution in [1.82, 2.24) is 15.2 Å². The van der Waals surface area contributed by atoms with Crippen LogP contribution < -0.4 is 16.6 Å². The average Bonchev–Trinajstić information content (AvgIpc) is 2.93. The second-order valence-corrected chi connectivity index (χ2v) is 6.05. The van der Waals surface area contributed by atoms with Crippen LogP contribution in [0.4, 0.5) is 5.82 Å². The summed E-state index contributed by atoms with van der Waals surface area (Å²) in [7, 11) is 0. The number of nitrogens with zero attached hydrogens (tertiary/aromatic N) is 2. The van der Waals surface area contributed by atoms with Crippen LogP contribution in [0.5, 0.6) is 0 Å². The molecular weight excluding hydrogens is 290 g/mol. The lowest BCUT2D eigenvalue weighted by atomic mass is 10.1. The van der Waals surface area contributed by atoms with Crippen molar-refractivity contribution in [1.29, 1.82) is 0 Å². The number of nitrogens with one attached hydrogen (secondary N) is 2. The Morgan fingerprint density at radius 1 is 1.57 bits per heavy atom. The van der Waals surface area contributed by atoms with Gasteiger partial charge in [0, 0.05) is 24.7 Å². The largest absolute Gasteiger partial charge is 0.352 e. The van der Waals surface area contributed by atoms with E-state index in [9.17, 15) is 4.79 Å². The number of carbonyl (C=O) groups is 1. The number of anilines is 1. The van der Waals surface area contributed by atoms with E-state index in [1.54, 1.807) is 6.07 Å². The molecule has 1 aromatic heterocycles. The van der Waals surface area contributed by atoms with Crippen LogP contribution >= 0.6 is 11.6 Å².